The molecule has 1 N–H and O–H groups in total. The third-order valence-electron chi connectivity index (χ3n) is 2.07. The number of hydrogen-bond donors (Lipinski definition) is 1. The molecular weight excluding hydrogens is 360 g/mol. The highest BCUT2D eigenvalue weighted by Crippen LogP contribution is 2.35. The number of aromatic nitrogens is 2. The Balaban J connectivity index is 2.40. The van der Waals surface area contributed by atoms with Crippen LogP contribution in [0.25, 0.3) is 0 Å². The van der Waals surface area contributed by atoms with Crippen LogP contribution in [0.15, 0.2) is 22.7 Å². The molecule has 0 saturated heterocycles. The molecule has 0 aliphatic carbocycles. The van der Waals surface area contributed by atoms with Crippen LogP contribution in [0.1, 0.15) is 5.82 Å². The van der Waals surface area contributed by atoms with Crippen LogP contribution in [0.5, 0.6) is 0 Å². The van der Waals surface area contributed by atoms with Gasteiger partial charge in [0, 0.05) is 10.5 Å². The highest BCUT2D eigenvalue weighted by Gasteiger charge is 2.09. The molecular formula is C11H7BrCl3N3. The van der Waals surface area contributed by atoms with Gasteiger partial charge in [0.05, 0.1) is 15.7 Å². The third-order valence-corrected chi connectivity index (χ3v) is 3.31. The second kappa shape index (κ2) is 5.61. The standard InChI is InChI=1S/C11H7BrCl3N3/c1-5-16-9(15)4-10(17-5)18-11-7(13)2-6(12)3-8(11)14/h2-4H,1H3,(H,16,17,18). The minimum absolute atomic E-state index is 0.356. The van der Waals surface area contributed by atoms with Crippen molar-refractivity contribution in [2.24, 2.45) is 0 Å². The summed E-state index contributed by atoms with van der Waals surface area (Å²) in [6.45, 7) is 1.75. The Morgan fingerprint density at radius 1 is 1.06 bits per heavy atom. The number of hydrogen-bond acceptors (Lipinski definition) is 3. The number of anilines is 2. The van der Waals surface area contributed by atoms with Gasteiger partial charge in [0.1, 0.15) is 16.8 Å². The second-order valence-electron chi connectivity index (χ2n) is 3.49. The van der Waals surface area contributed by atoms with Crippen LogP contribution in [0.3, 0.4) is 0 Å². The molecule has 18 heavy (non-hydrogen) atoms. The maximum Gasteiger partial charge on any atom is 0.135 e. The molecule has 0 radical (unpaired) electrons. The fourth-order valence-corrected chi connectivity index (χ4v) is 2.91. The van der Waals surface area contributed by atoms with Crippen molar-refractivity contribution in [1.29, 1.82) is 0 Å². The third kappa shape index (κ3) is 3.26. The Bertz CT molecular complexity index is 561. The van der Waals surface area contributed by atoms with Crippen molar-refractivity contribution in [3.8, 4) is 0 Å². The van der Waals surface area contributed by atoms with Crippen LogP contribution in [0.4, 0.5) is 11.5 Å². The average Bonchev–Trinajstić information content (AvgIpc) is 2.22. The fraction of sp³-hybridized carbons (Fsp3) is 0.0909. The smallest absolute Gasteiger partial charge is 0.135 e. The summed E-state index contributed by atoms with van der Waals surface area (Å²) in [6, 6.07) is 5.08. The number of aryl methyl sites for hydroxylation is 1. The van der Waals surface area contributed by atoms with E-state index < -0.39 is 0 Å². The molecule has 0 bridgehead atoms. The van der Waals surface area contributed by atoms with Crippen molar-refractivity contribution in [3.63, 3.8) is 0 Å². The van der Waals surface area contributed by atoms with E-state index in [1.807, 2.05) is 0 Å². The van der Waals surface area contributed by atoms with Gasteiger partial charge in [-0.3, -0.25) is 0 Å². The Morgan fingerprint density at radius 2 is 1.67 bits per heavy atom. The van der Waals surface area contributed by atoms with Crippen LogP contribution < -0.4 is 5.32 Å². The minimum atomic E-state index is 0.356. The number of nitrogens with one attached hydrogen (secondary N) is 1. The summed E-state index contributed by atoms with van der Waals surface area (Å²) < 4.78 is 0.806. The zero-order valence-electron chi connectivity index (χ0n) is 9.14. The molecule has 0 aliphatic heterocycles. The molecule has 3 nitrogen and oxygen atoms in total. The van der Waals surface area contributed by atoms with Crippen LogP contribution in [0.2, 0.25) is 15.2 Å². The van der Waals surface area contributed by atoms with Crippen molar-refractivity contribution in [2.75, 3.05) is 5.32 Å². The van der Waals surface area contributed by atoms with E-state index >= 15 is 0 Å². The van der Waals surface area contributed by atoms with Gasteiger partial charge in [0.25, 0.3) is 0 Å². The second-order valence-corrected chi connectivity index (χ2v) is 5.61. The first kappa shape index (κ1) is 13.9. The first-order chi connectivity index (χ1) is 8.45. The highest BCUT2D eigenvalue weighted by molar-refractivity contribution is 9.10. The molecule has 2 rings (SSSR count). The molecule has 1 heterocycles. The van der Waals surface area contributed by atoms with Gasteiger partial charge in [0.15, 0.2) is 0 Å². The van der Waals surface area contributed by atoms with Gasteiger partial charge in [-0.25, -0.2) is 9.97 Å². The van der Waals surface area contributed by atoms with E-state index in [1.54, 1.807) is 25.1 Å². The summed E-state index contributed by atoms with van der Waals surface area (Å²) in [5.41, 5.74) is 0.579. The fourth-order valence-electron chi connectivity index (χ4n) is 1.38. The van der Waals surface area contributed by atoms with Gasteiger partial charge >= 0.3 is 0 Å². The first-order valence-electron chi connectivity index (χ1n) is 4.88. The molecule has 94 valence electrons. The monoisotopic (exact) mass is 365 g/mol. The SMILES string of the molecule is Cc1nc(Cl)cc(Nc2c(Cl)cc(Br)cc2Cl)n1. The van der Waals surface area contributed by atoms with Crippen molar-refractivity contribution in [2.45, 2.75) is 6.92 Å². The molecule has 0 atom stereocenters. The molecule has 0 spiro atoms. The lowest BCUT2D eigenvalue weighted by molar-refractivity contribution is 1.06. The topological polar surface area (TPSA) is 37.8 Å². The van der Waals surface area contributed by atoms with Gasteiger partial charge in [0.2, 0.25) is 0 Å². The Morgan fingerprint density at radius 3 is 2.22 bits per heavy atom. The Labute approximate surface area is 128 Å². The Hall–Kier alpha value is -0.550. The van der Waals surface area contributed by atoms with Crippen LogP contribution in [0, 0.1) is 6.92 Å². The summed E-state index contributed by atoms with van der Waals surface area (Å²) in [5.74, 6) is 1.10. The zero-order valence-corrected chi connectivity index (χ0v) is 13.0. The molecule has 0 saturated carbocycles. The van der Waals surface area contributed by atoms with Gasteiger partial charge in [-0.1, -0.05) is 50.7 Å². The number of rotatable bonds is 2. The normalized spacial score (nSPS) is 10.5. The maximum absolute atomic E-state index is 6.11. The molecule has 1 aromatic carbocycles. The molecule has 0 unspecified atom stereocenters. The van der Waals surface area contributed by atoms with Crippen molar-refractivity contribution in [3.05, 3.63) is 43.7 Å². The summed E-state index contributed by atoms with van der Waals surface area (Å²) in [5, 5.41) is 4.36. The van der Waals surface area contributed by atoms with Crippen LogP contribution in [-0.4, -0.2) is 9.97 Å². The predicted octanol–water partition coefficient (Wildman–Crippen LogP) is 5.25. The molecule has 1 aromatic heterocycles. The molecule has 0 fully saturated rings. The van der Waals surface area contributed by atoms with Crippen molar-refractivity contribution < 1.29 is 0 Å². The average molecular weight is 367 g/mol. The number of nitrogens with zero attached hydrogens (tertiary/aromatic N) is 2. The number of halogens is 4. The van der Waals surface area contributed by atoms with E-state index in [0.717, 1.165) is 4.47 Å². The summed E-state index contributed by atoms with van der Waals surface area (Å²) >= 11 is 21.4. The van der Waals surface area contributed by atoms with Gasteiger partial charge in [-0.05, 0) is 19.1 Å². The van der Waals surface area contributed by atoms with Gasteiger partial charge in [-0.15, -0.1) is 0 Å². The van der Waals surface area contributed by atoms with E-state index in [4.69, 9.17) is 34.8 Å². The van der Waals surface area contributed by atoms with E-state index in [-0.39, 0.29) is 0 Å². The lowest BCUT2D eigenvalue weighted by atomic mass is 10.3. The van der Waals surface area contributed by atoms with Gasteiger partial charge in [-0.2, -0.15) is 0 Å². The lowest BCUT2D eigenvalue weighted by Gasteiger charge is -2.10. The largest absolute Gasteiger partial charge is 0.338 e. The summed E-state index contributed by atoms with van der Waals surface area (Å²) in [7, 11) is 0. The summed E-state index contributed by atoms with van der Waals surface area (Å²) in [4.78, 5) is 8.17. The van der Waals surface area contributed by atoms with Crippen molar-refractivity contribution in [1.82, 2.24) is 9.97 Å². The lowest BCUT2D eigenvalue weighted by Crippen LogP contribution is -1.98. The molecule has 7 heteroatoms. The zero-order chi connectivity index (χ0) is 13.3. The maximum atomic E-state index is 6.11. The van der Waals surface area contributed by atoms with Gasteiger partial charge < -0.3 is 5.32 Å². The summed E-state index contributed by atoms with van der Waals surface area (Å²) in [6.07, 6.45) is 0. The highest BCUT2D eigenvalue weighted by atomic mass is 79.9. The quantitative estimate of drug-likeness (QED) is 0.737. The molecule has 2 aromatic rings. The van der Waals surface area contributed by atoms with E-state index in [9.17, 15) is 0 Å². The van der Waals surface area contributed by atoms with Crippen LogP contribution >= 0.6 is 50.7 Å². The van der Waals surface area contributed by atoms with E-state index in [1.165, 1.54) is 0 Å². The first-order valence-corrected chi connectivity index (χ1v) is 6.81. The van der Waals surface area contributed by atoms with E-state index in [0.29, 0.717) is 32.5 Å². The van der Waals surface area contributed by atoms with E-state index in [2.05, 4.69) is 31.2 Å². The van der Waals surface area contributed by atoms with Crippen molar-refractivity contribution >= 4 is 62.2 Å². The Kier molecular flexibility index (Phi) is 4.33. The number of benzene rings is 1. The van der Waals surface area contributed by atoms with Crippen LogP contribution in [-0.2, 0) is 0 Å². The predicted molar refractivity (Wildman–Crippen MR) is 79.2 cm³/mol. The minimum Gasteiger partial charge on any atom is -0.338 e. The molecule has 0 amide bonds. The molecule has 0 aliphatic rings.